The van der Waals surface area contributed by atoms with Crippen molar-refractivity contribution in [1.82, 2.24) is 0 Å². The van der Waals surface area contributed by atoms with Crippen molar-refractivity contribution in [2.75, 3.05) is 12.4 Å². The number of benzene rings is 1. The highest BCUT2D eigenvalue weighted by Gasteiger charge is 2.08. The van der Waals surface area contributed by atoms with Gasteiger partial charge in [-0.3, -0.25) is 0 Å². The van der Waals surface area contributed by atoms with Gasteiger partial charge in [0.15, 0.2) is 5.57 Å². The molecule has 1 N–H and O–H groups in total. The number of halogens is 2. The first-order valence-corrected chi connectivity index (χ1v) is 5.24. The Labute approximate surface area is 108 Å². The van der Waals surface area contributed by atoms with Crippen LogP contribution in [0.25, 0.3) is 0 Å². The Hall–Kier alpha value is -1.70. The van der Waals surface area contributed by atoms with E-state index >= 15 is 0 Å². The third-order valence-corrected chi connectivity index (χ3v) is 2.38. The lowest BCUT2D eigenvalue weighted by atomic mass is 10.3. The van der Waals surface area contributed by atoms with Gasteiger partial charge >= 0.3 is 5.97 Å². The van der Waals surface area contributed by atoms with Gasteiger partial charge in [-0.25, -0.2) is 4.79 Å². The number of nitriles is 1. The van der Waals surface area contributed by atoms with E-state index in [0.717, 1.165) is 0 Å². The highest BCUT2D eigenvalue weighted by atomic mass is 35.5. The molecular weight excluding hydrogens is 263 g/mol. The molecule has 17 heavy (non-hydrogen) atoms. The van der Waals surface area contributed by atoms with Gasteiger partial charge in [-0.1, -0.05) is 23.2 Å². The van der Waals surface area contributed by atoms with Gasteiger partial charge in [-0.15, -0.1) is 0 Å². The molecule has 88 valence electrons. The van der Waals surface area contributed by atoms with Crippen LogP contribution in [0.5, 0.6) is 0 Å². The van der Waals surface area contributed by atoms with E-state index in [0.29, 0.717) is 15.7 Å². The number of anilines is 1. The van der Waals surface area contributed by atoms with E-state index in [2.05, 4.69) is 10.1 Å². The summed E-state index contributed by atoms with van der Waals surface area (Å²) in [6.45, 7) is 0. The fourth-order valence-electron chi connectivity index (χ4n) is 1.00. The van der Waals surface area contributed by atoms with Gasteiger partial charge in [0.05, 0.1) is 17.8 Å². The van der Waals surface area contributed by atoms with Crippen LogP contribution in [0.4, 0.5) is 5.69 Å². The molecule has 0 saturated carbocycles. The molecule has 0 amide bonds. The number of methoxy groups -OCH3 is 1. The van der Waals surface area contributed by atoms with Crippen molar-refractivity contribution in [2.45, 2.75) is 0 Å². The lowest BCUT2D eigenvalue weighted by molar-refractivity contribution is -0.135. The molecule has 6 heteroatoms. The van der Waals surface area contributed by atoms with Crippen molar-refractivity contribution >= 4 is 34.9 Å². The number of hydrogen-bond donors (Lipinski definition) is 1. The molecule has 0 aliphatic heterocycles. The standard InChI is InChI=1S/C11H8Cl2N2O2/c1-17-11(16)7(5-14)6-15-10-3-2-8(12)4-9(10)13/h2-4,6,15H,1H3. The maximum atomic E-state index is 11.1. The van der Waals surface area contributed by atoms with Gasteiger partial charge in [0.1, 0.15) is 6.07 Å². The van der Waals surface area contributed by atoms with E-state index in [1.165, 1.54) is 13.3 Å². The predicted molar refractivity (Wildman–Crippen MR) is 65.8 cm³/mol. The van der Waals surface area contributed by atoms with Gasteiger partial charge in [-0.2, -0.15) is 5.26 Å². The number of hydrogen-bond acceptors (Lipinski definition) is 4. The van der Waals surface area contributed by atoms with E-state index in [4.69, 9.17) is 28.5 Å². The van der Waals surface area contributed by atoms with Gasteiger partial charge in [0.2, 0.25) is 0 Å². The Bertz CT molecular complexity index is 507. The Balaban J connectivity index is 2.88. The molecular formula is C11H8Cl2N2O2. The summed E-state index contributed by atoms with van der Waals surface area (Å²) < 4.78 is 4.42. The molecule has 0 fully saturated rings. The van der Waals surface area contributed by atoms with E-state index in [1.807, 2.05) is 0 Å². The van der Waals surface area contributed by atoms with Gasteiger partial charge < -0.3 is 10.1 Å². The summed E-state index contributed by atoms with van der Waals surface area (Å²) in [6.07, 6.45) is 1.22. The van der Waals surface area contributed by atoms with Crippen molar-refractivity contribution in [3.8, 4) is 6.07 Å². The summed E-state index contributed by atoms with van der Waals surface area (Å²) in [5.74, 6) is -0.718. The monoisotopic (exact) mass is 270 g/mol. The third-order valence-electron chi connectivity index (χ3n) is 1.83. The highest BCUT2D eigenvalue weighted by Crippen LogP contribution is 2.25. The van der Waals surface area contributed by atoms with E-state index in [1.54, 1.807) is 24.3 Å². The predicted octanol–water partition coefficient (Wildman–Crippen LogP) is 2.99. The van der Waals surface area contributed by atoms with Crippen LogP contribution < -0.4 is 5.32 Å². The zero-order valence-corrected chi connectivity index (χ0v) is 10.3. The number of rotatable bonds is 3. The van der Waals surface area contributed by atoms with Gasteiger partial charge in [0, 0.05) is 11.2 Å². The summed E-state index contributed by atoms with van der Waals surface area (Å²) >= 11 is 11.6. The topological polar surface area (TPSA) is 62.1 Å². The normalized spacial score (nSPS) is 10.6. The molecule has 0 aliphatic carbocycles. The molecule has 0 radical (unpaired) electrons. The summed E-state index contributed by atoms with van der Waals surface area (Å²) in [7, 11) is 1.20. The molecule has 4 nitrogen and oxygen atoms in total. The smallest absolute Gasteiger partial charge is 0.350 e. The average molecular weight is 271 g/mol. The molecule has 1 aromatic carbocycles. The molecule has 0 unspecified atom stereocenters. The van der Waals surface area contributed by atoms with Crippen molar-refractivity contribution in [1.29, 1.82) is 5.26 Å². The molecule has 0 saturated heterocycles. The number of esters is 1. The minimum atomic E-state index is -0.718. The van der Waals surface area contributed by atoms with E-state index < -0.39 is 5.97 Å². The lowest BCUT2D eigenvalue weighted by Gasteiger charge is -2.04. The quantitative estimate of drug-likeness (QED) is 0.521. The lowest BCUT2D eigenvalue weighted by Crippen LogP contribution is -2.05. The minimum absolute atomic E-state index is 0.154. The summed E-state index contributed by atoms with van der Waals surface area (Å²) in [6, 6.07) is 6.52. The first-order chi connectivity index (χ1) is 8.08. The first-order valence-electron chi connectivity index (χ1n) is 4.48. The second-order valence-electron chi connectivity index (χ2n) is 2.93. The number of carbonyl (C=O) groups is 1. The molecule has 0 atom stereocenters. The molecule has 0 bridgehead atoms. The fourth-order valence-corrected chi connectivity index (χ4v) is 1.47. The largest absolute Gasteiger partial charge is 0.465 e. The zero-order valence-electron chi connectivity index (χ0n) is 8.83. The van der Waals surface area contributed by atoms with Crippen LogP contribution in [0.2, 0.25) is 10.0 Å². The fraction of sp³-hybridized carbons (Fsp3) is 0.0909. The number of carbonyl (C=O) groups excluding carboxylic acids is 1. The number of nitrogens with zero attached hydrogens (tertiary/aromatic N) is 1. The van der Waals surface area contributed by atoms with Gasteiger partial charge in [0.25, 0.3) is 0 Å². The molecule has 0 heterocycles. The summed E-state index contributed by atoms with van der Waals surface area (Å²) in [4.78, 5) is 11.1. The molecule has 0 aliphatic rings. The van der Waals surface area contributed by atoms with Crippen LogP contribution in [0.3, 0.4) is 0 Å². The molecule has 0 aromatic heterocycles. The summed E-state index contributed by atoms with van der Waals surface area (Å²) in [5.41, 5.74) is 0.381. The zero-order chi connectivity index (χ0) is 12.8. The Morgan fingerprint density at radius 1 is 1.53 bits per heavy atom. The van der Waals surface area contributed by atoms with Crippen LogP contribution in [0.1, 0.15) is 0 Å². The van der Waals surface area contributed by atoms with Crippen LogP contribution in [-0.2, 0) is 9.53 Å². The van der Waals surface area contributed by atoms with Crippen LogP contribution in [-0.4, -0.2) is 13.1 Å². The maximum absolute atomic E-state index is 11.1. The molecule has 0 spiro atoms. The van der Waals surface area contributed by atoms with Crippen molar-refractivity contribution in [2.24, 2.45) is 0 Å². The van der Waals surface area contributed by atoms with Crippen molar-refractivity contribution in [3.63, 3.8) is 0 Å². The number of nitrogens with one attached hydrogen (secondary N) is 1. The average Bonchev–Trinajstić information content (AvgIpc) is 2.31. The Kier molecular flexibility index (Phi) is 4.83. The second-order valence-corrected chi connectivity index (χ2v) is 3.77. The third kappa shape index (κ3) is 3.66. The summed E-state index contributed by atoms with van der Waals surface area (Å²) in [5, 5.41) is 12.3. The number of ether oxygens (including phenoxy) is 1. The molecule has 1 aromatic rings. The minimum Gasteiger partial charge on any atom is -0.465 e. The van der Waals surface area contributed by atoms with Gasteiger partial charge in [-0.05, 0) is 18.2 Å². The van der Waals surface area contributed by atoms with E-state index in [9.17, 15) is 4.79 Å². The maximum Gasteiger partial charge on any atom is 0.350 e. The van der Waals surface area contributed by atoms with Crippen molar-refractivity contribution in [3.05, 3.63) is 40.0 Å². The second kappa shape index (κ2) is 6.14. The van der Waals surface area contributed by atoms with Crippen LogP contribution >= 0.6 is 23.2 Å². The SMILES string of the molecule is COC(=O)C(C#N)=CNc1ccc(Cl)cc1Cl. The van der Waals surface area contributed by atoms with Crippen molar-refractivity contribution < 1.29 is 9.53 Å². The molecule has 1 rings (SSSR count). The Morgan fingerprint density at radius 2 is 2.24 bits per heavy atom. The van der Waals surface area contributed by atoms with Crippen LogP contribution in [0, 0.1) is 11.3 Å². The first kappa shape index (κ1) is 13.4. The van der Waals surface area contributed by atoms with Crippen LogP contribution in [0.15, 0.2) is 30.0 Å². The Morgan fingerprint density at radius 3 is 2.76 bits per heavy atom. The van der Waals surface area contributed by atoms with E-state index in [-0.39, 0.29) is 5.57 Å². The highest BCUT2D eigenvalue weighted by molar-refractivity contribution is 6.36.